The molecule has 0 unspecified atom stereocenters. The van der Waals surface area contributed by atoms with Crippen molar-refractivity contribution in [1.29, 1.82) is 5.26 Å². The van der Waals surface area contributed by atoms with Gasteiger partial charge in [0.1, 0.15) is 16.8 Å². The summed E-state index contributed by atoms with van der Waals surface area (Å²) < 4.78 is 5.58. The number of benzene rings is 3. The standard InChI is InChI=1S/C32H30N4O3S/c1-4-22-11-15-25(16-12-22)35-28(37)20-40-32-27(19-33)30(23-13-17-26(18-14-23)39-5-2)29(21(3)34-32)31(38)36-24-9-7-6-8-10-24/h6-18H,4-5,20H2,1-3H3,(H,35,37)(H,36,38). The molecule has 4 rings (SSSR count). The van der Waals surface area contributed by atoms with Crippen LogP contribution in [0.15, 0.2) is 83.9 Å². The normalized spacial score (nSPS) is 10.4. The van der Waals surface area contributed by atoms with Crippen LogP contribution < -0.4 is 15.4 Å². The SMILES string of the molecule is CCOc1ccc(-c2c(C#N)c(SCC(=O)Nc3ccc(CC)cc3)nc(C)c2C(=O)Nc2ccccc2)cc1. The van der Waals surface area contributed by atoms with Crippen LogP contribution in [0, 0.1) is 18.3 Å². The molecular formula is C32H30N4O3S. The Morgan fingerprint density at radius 1 is 0.925 bits per heavy atom. The van der Waals surface area contributed by atoms with Gasteiger partial charge in [-0.1, -0.05) is 61.2 Å². The molecule has 0 atom stereocenters. The van der Waals surface area contributed by atoms with Crippen LogP contribution in [0.5, 0.6) is 5.75 Å². The molecule has 0 saturated carbocycles. The van der Waals surface area contributed by atoms with Gasteiger partial charge in [-0.3, -0.25) is 9.59 Å². The fraction of sp³-hybridized carbons (Fsp3) is 0.188. The molecule has 0 spiro atoms. The van der Waals surface area contributed by atoms with Gasteiger partial charge in [-0.25, -0.2) is 4.98 Å². The molecule has 0 fully saturated rings. The number of hydrogen-bond donors (Lipinski definition) is 2. The first-order chi connectivity index (χ1) is 19.4. The fourth-order valence-electron chi connectivity index (χ4n) is 4.21. The number of ether oxygens (including phenoxy) is 1. The van der Waals surface area contributed by atoms with E-state index in [-0.39, 0.29) is 23.1 Å². The van der Waals surface area contributed by atoms with Crippen molar-refractivity contribution in [3.8, 4) is 22.9 Å². The summed E-state index contributed by atoms with van der Waals surface area (Å²) in [6, 6.07) is 26.3. The number of rotatable bonds is 10. The average molecular weight is 551 g/mol. The van der Waals surface area contributed by atoms with Crippen LogP contribution in [0.3, 0.4) is 0 Å². The molecule has 8 heteroatoms. The van der Waals surface area contributed by atoms with Gasteiger partial charge in [-0.2, -0.15) is 5.26 Å². The zero-order chi connectivity index (χ0) is 28.5. The number of nitriles is 1. The highest BCUT2D eigenvalue weighted by atomic mass is 32.2. The van der Waals surface area contributed by atoms with Gasteiger partial charge >= 0.3 is 0 Å². The second kappa shape index (κ2) is 13.5. The summed E-state index contributed by atoms with van der Waals surface area (Å²) in [5.41, 5.74) is 4.64. The summed E-state index contributed by atoms with van der Waals surface area (Å²) in [6.07, 6.45) is 0.919. The first kappa shape index (κ1) is 28.4. The largest absolute Gasteiger partial charge is 0.494 e. The van der Waals surface area contributed by atoms with Crippen molar-refractivity contribution in [2.45, 2.75) is 32.2 Å². The molecule has 3 aromatic carbocycles. The lowest BCUT2D eigenvalue weighted by atomic mass is 9.94. The highest BCUT2D eigenvalue weighted by Gasteiger charge is 2.25. The van der Waals surface area contributed by atoms with Crippen LogP contribution in [-0.2, 0) is 11.2 Å². The Morgan fingerprint density at radius 2 is 1.60 bits per heavy atom. The number of nitrogens with zero attached hydrogens (tertiary/aromatic N) is 2. The molecule has 0 aliphatic carbocycles. The molecule has 0 aliphatic heterocycles. The van der Waals surface area contributed by atoms with Gasteiger partial charge in [-0.15, -0.1) is 0 Å². The summed E-state index contributed by atoms with van der Waals surface area (Å²) >= 11 is 1.16. The van der Waals surface area contributed by atoms with Crippen molar-refractivity contribution in [2.24, 2.45) is 0 Å². The molecule has 7 nitrogen and oxygen atoms in total. The van der Waals surface area contributed by atoms with Crippen molar-refractivity contribution in [3.05, 3.63) is 101 Å². The molecule has 0 bridgehead atoms. The molecule has 0 radical (unpaired) electrons. The number of carbonyl (C=O) groups excluding carboxylic acids is 2. The number of aryl methyl sites for hydroxylation is 2. The Hall–Kier alpha value is -4.61. The number of amides is 2. The minimum absolute atomic E-state index is 0.0505. The van der Waals surface area contributed by atoms with Gasteiger partial charge < -0.3 is 15.4 Å². The van der Waals surface area contributed by atoms with Crippen molar-refractivity contribution < 1.29 is 14.3 Å². The van der Waals surface area contributed by atoms with Crippen LogP contribution in [0.1, 0.15) is 41.0 Å². The van der Waals surface area contributed by atoms with Crippen LogP contribution in [-0.4, -0.2) is 29.2 Å². The third-order valence-corrected chi connectivity index (χ3v) is 7.13. The minimum Gasteiger partial charge on any atom is -0.494 e. The van der Waals surface area contributed by atoms with E-state index in [2.05, 4.69) is 28.6 Å². The quantitative estimate of drug-likeness (QED) is 0.209. The lowest BCUT2D eigenvalue weighted by molar-refractivity contribution is -0.113. The molecule has 1 aromatic heterocycles. The Kier molecular flexibility index (Phi) is 9.55. The second-order valence-electron chi connectivity index (χ2n) is 8.90. The van der Waals surface area contributed by atoms with Gasteiger partial charge in [0.15, 0.2) is 0 Å². The maximum Gasteiger partial charge on any atom is 0.258 e. The molecule has 202 valence electrons. The molecule has 2 N–H and O–H groups in total. The number of anilines is 2. The molecule has 4 aromatic rings. The summed E-state index contributed by atoms with van der Waals surface area (Å²) in [4.78, 5) is 30.9. The number of thioether (sulfide) groups is 1. The second-order valence-corrected chi connectivity index (χ2v) is 9.87. The Morgan fingerprint density at radius 3 is 2.23 bits per heavy atom. The van der Waals surface area contributed by atoms with Crippen LogP contribution in [0.25, 0.3) is 11.1 Å². The van der Waals surface area contributed by atoms with Crippen LogP contribution in [0.4, 0.5) is 11.4 Å². The molecule has 0 saturated heterocycles. The predicted octanol–water partition coefficient (Wildman–Crippen LogP) is 6.87. The van der Waals surface area contributed by atoms with Gasteiger partial charge in [0.05, 0.1) is 29.2 Å². The van der Waals surface area contributed by atoms with E-state index in [4.69, 9.17) is 4.74 Å². The topological polar surface area (TPSA) is 104 Å². The summed E-state index contributed by atoms with van der Waals surface area (Å²) in [5, 5.41) is 16.5. The predicted molar refractivity (Wildman–Crippen MR) is 160 cm³/mol. The minimum atomic E-state index is -0.374. The van der Waals surface area contributed by atoms with Gasteiger partial charge in [0.2, 0.25) is 5.91 Å². The maximum absolute atomic E-state index is 13.5. The van der Waals surface area contributed by atoms with Gasteiger partial charge in [-0.05, 0) is 67.8 Å². The third-order valence-electron chi connectivity index (χ3n) is 6.16. The third kappa shape index (κ3) is 6.87. The van der Waals surface area contributed by atoms with E-state index in [1.807, 2.05) is 61.5 Å². The molecule has 40 heavy (non-hydrogen) atoms. The first-order valence-corrected chi connectivity index (χ1v) is 14.0. The molecular weight excluding hydrogens is 520 g/mol. The van der Waals surface area contributed by atoms with Gasteiger partial charge in [0, 0.05) is 16.9 Å². The lowest BCUT2D eigenvalue weighted by Gasteiger charge is -2.17. The zero-order valence-corrected chi connectivity index (χ0v) is 23.5. The Labute approximate surface area is 238 Å². The van der Waals surface area contributed by atoms with E-state index in [1.54, 1.807) is 31.2 Å². The van der Waals surface area contributed by atoms with Crippen molar-refractivity contribution >= 4 is 35.0 Å². The average Bonchev–Trinajstić information content (AvgIpc) is 2.97. The number of nitrogens with one attached hydrogen (secondary N) is 2. The van der Waals surface area contributed by atoms with E-state index < -0.39 is 0 Å². The van der Waals surface area contributed by atoms with Gasteiger partial charge in [0.25, 0.3) is 5.91 Å². The van der Waals surface area contributed by atoms with E-state index in [1.165, 1.54) is 5.56 Å². The number of carbonyl (C=O) groups is 2. The van der Waals surface area contributed by atoms with E-state index >= 15 is 0 Å². The fourth-order valence-corrected chi connectivity index (χ4v) is 5.04. The van der Waals surface area contributed by atoms with E-state index in [9.17, 15) is 14.9 Å². The summed E-state index contributed by atoms with van der Waals surface area (Å²) in [7, 11) is 0. The first-order valence-electron chi connectivity index (χ1n) is 13.0. The number of hydrogen-bond acceptors (Lipinski definition) is 6. The Balaban J connectivity index is 1.68. The summed E-state index contributed by atoms with van der Waals surface area (Å²) in [6.45, 7) is 6.23. The lowest BCUT2D eigenvalue weighted by Crippen LogP contribution is -2.18. The molecule has 2 amide bonds. The van der Waals surface area contributed by atoms with E-state index in [0.29, 0.717) is 51.1 Å². The number of para-hydroxylation sites is 1. The van der Waals surface area contributed by atoms with Crippen molar-refractivity contribution in [3.63, 3.8) is 0 Å². The monoisotopic (exact) mass is 550 g/mol. The summed E-state index contributed by atoms with van der Waals surface area (Å²) in [5.74, 6) is 0.145. The van der Waals surface area contributed by atoms with Crippen LogP contribution in [0.2, 0.25) is 0 Å². The highest BCUT2D eigenvalue weighted by Crippen LogP contribution is 2.36. The maximum atomic E-state index is 13.5. The molecule has 0 aliphatic rings. The smallest absolute Gasteiger partial charge is 0.258 e. The highest BCUT2D eigenvalue weighted by molar-refractivity contribution is 8.00. The number of aromatic nitrogens is 1. The van der Waals surface area contributed by atoms with Crippen molar-refractivity contribution in [2.75, 3.05) is 23.0 Å². The molecule has 1 heterocycles. The van der Waals surface area contributed by atoms with Crippen LogP contribution >= 0.6 is 11.8 Å². The zero-order valence-electron chi connectivity index (χ0n) is 22.7. The van der Waals surface area contributed by atoms with E-state index in [0.717, 1.165) is 18.2 Å². The van der Waals surface area contributed by atoms with Crippen molar-refractivity contribution in [1.82, 2.24) is 4.98 Å². The Bertz CT molecular complexity index is 1530. The number of pyridine rings is 1.